The van der Waals surface area contributed by atoms with E-state index in [0.29, 0.717) is 46.3 Å². The van der Waals surface area contributed by atoms with E-state index in [1.165, 1.54) is 18.2 Å². The number of hydrogen-bond donors (Lipinski definition) is 2. The van der Waals surface area contributed by atoms with Crippen molar-refractivity contribution >= 4 is 45.2 Å². The van der Waals surface area contributed by atoms with Gasteiger partial charge in [-0.05, 0) is 48.7 Å². The minimum atomic E-state index is -4.76. The Morgan fingerprint density at radius 3 is 2.43 bits per heavy atom. The third kappa shape index (κ3) is 6.05. The fraction of sp³-hybridized carbons (Fsp3) is 0.125. The molecule has 0 radical (unpaired) electrons. The minimum Gasteiger partial charge on any atom is -0.383 e. The number of nitrogen functional groups attached to an aromatic ring is 2. The molecular formula is C24H21Cl2FN5O2S+. The Hall–Kier alpha value is -3.27. The number of hydrogen-bond acceptors (Lipinski definition) is 6. The van der Waals surface area contributed by atoms with Crippen LogP contribution in [0.5, 0.6) is 0 Å². The van der Waals surface area contributed by atoms with Crippen LogP contribution in [0, 0.1) is 0 Å². The minimum absolute atomic E-state index is 0.0760. The highest BCUT2D eigenvalue weighted by atomic mass is 35.5. The highest BCUT2D eigenvalue weighted by Gasteiger charge is 2.17. The largest absolute Gasteiger partial charge is 0.383 e. The first-order valence-corrected chi connectivity index (χ1v) is 12.6. The van der Waals surface area contributed by atoms with Gasteiger partial charge in [-0.1, -0.05) is 41.4 Å². The Bertz CT molecular complexity index is 1520. The Morgan fingerprint density at radius 2 is 1.69 bits per heavy atom. The second-order valence-corrected chi connectivity index (χ2v) is 10.0. The van der Waals surface area contributed by atoms with Gasteiger partial charge in [0.15, 0.2) is 18.9 Å². The lowest BCUT2D eigenvalue weighted by atomic mass is 10.00. The molecule has 0 aliphatic heterocycles. The number of aromatic nitrogens is 3. The zero-order chi connectivity index (χ0) is 25.2. The van der Waals surface area contributed by atoms with Gasteiger partial charge < -0.3 is 11.5 Å². The zero-order valence-corrected chi connectivity index (χ0v) is 20.7. The number of nitrogens with zero attached hydrogens (tertiary/aromatic N) is 3. The van der Waals surface area contributed by atoms with Gasteiger partial charge in [-0.2, -0.15) is 13.4 Å². The summed E-state index contributed by atoms with van der Waals surface area (Å²) < 4.78 is 37.7. The van der Waals surface area contributed by atoms with Crippen LogP contribution in [-0.2, 0) is 29.6 Å². The van der Waals surface area contributed by atoms with E-state index in [0.717, 1.165) is 11.1 Å². The number of anilines is 2. The molecule has 0 fully saturated rings. The molecular weight excluding hydrogens is 512 g/mol. The first kappa shape index (κ1) is 24.8. The summed E-state index contributed by atoms with van der Waals surface area (Å²) >= 11 is 12.2. The van der Waals surface area contributed by atoms with Crippen molar-refractivity contribution < 1.29 is 16.9 Å². The Morgan fingerprint density at radius 1 is 0.914 bits per heavy atom. The van der Waals surface area contributed by atoms with Crippen molar-refractivity contribution in [3.8, 4) is 11.1 Å². The monoisotopic (exact) mass is 532 g/mol. The number of aryl methyl sites for hydroxylation is 2. The number of pyridine rings is 1. The molecule has 11 heteroatoms. The van der Waals surface area contributed by atoms with Gasteiger partial charge in [-0.15, -0.1) is 3.89 Å². The lowest BCUT2D eigenvalue weighted by Crippen LogP contribution is -2.34. The molecule has 4 rings (SSSR count). The molecule has 0 spiro atoms. The number of nitrogens with two attached hydrogens (primary N) is 2. The van der Waals surface area contributed by atoms with Crippen LogP contribution in [0.25, 0.3) is 11.1 Å². The highest BCUT2D eigenvalue weighted by molar-refractivity contribution is 7.86. The van der Waals surface area contributed by atoms with E-state index in [-0.39, 0.29) is 16.7 Å². The lowest BCUT2D eigenvalue weighted by Gasteiger charge is -2.13. The van der Waals surface area contributed by atoms with Gasteiger partial charge >= 0.3 is 10.2 Å². The molecule has 35 heavy (non-hydrogen) atoms. The van der Waals surface area contributed by atoms with Crippen molar-refractivity contribution in [3.63, 3.8) is 0 Å². The Balaban J connectivity index is 1.57. The first-order chi connectivity index (χ1) is 16.6. The summed E-state index contributed by atoms with van der Waals surface area (Å²) in [6, 6.07) is 14.8. The lowest BCUT2D eigenvalue weighted by molar-refractivity contribution is -0.688. The van der Waals surface area contributed by atoms with Crippen LogP contribution in [0.1, 0.15) is 16.8 Å². The molecule has 0 unspecified atom stereocenters. The van der Waals surface area contributed by atoms with Gasteiger partial charge in [0.1, 0.15) is 5.82 Å². The molecule has 0 bridgehead atoms. The highest BCUT2D eigenvalue weighted by Crippen LogP contribution is 2.33. The van der Waals surface area contributed by atoms with E-state index in [1.807, 2.05) is 29.1 Å². The maximum Gasteiger partial charge on any atom is 0.332 e. The zero-order valence-electron chi connectivity index (χ0n) is 18.3. The third-order valence-electron chi connectivity index (χ3n) is 5.35. The SMILES string of the molecule is Nc1nc(N)c(-c2ccc(Cl)c(Cl)c2)c(CCc2ccc[n+](Cc3cccc(S(=O)(=O)F)c3)c2)n1. The molecule has 4 N–H and O–H groups in total. The van der Waals surface area contributed by atoms with Crippen LogP contribution in [0.15, 0.2) is 71.9 Å². The third-order valence-corrected chi connectivity index (χ3v) is 6.91. The van der Waals surface area contributed by atoms with Gasteiger partial charge in [-0.3, -0.25) is 0 Å². The molecule has 0 aliphatic rings. The molecule has 4 aromatic rings. The van der Waals surface area contributed by atoms with Gasteiger partial charge in [0.2, 0.25) is 5.95 Å². The second-order valence-electron chi connectivity index (χ2n) is 7.89. The maximum absolute atomic E-state index is 13.3. The number of benzene rings is 2. The van der Waals surface area contributed by atoms with Crippen molar-refractivity contribution in [1.29, 1.82) is 0 Å². The normalized spacial score (nSPS) is 11.5. The molecule has 0 saturated carbocycles. The summed E-state index contributed by atoms with van der Waals surface area (Å²) in [5, 5.41) is 0.815. The van der Waals surface area contributed by atoms with Gasteiger partial charge in [0.25, 0.3) is 0 Å². The van der Waals surface area contributed by atoms with Crippen molar-refractivity contribution in [2.45, 2.75) is 24.3 Å². The average Bonchev–Trinajstić information content (AvgIpc) is 2.79. The van der Waals surface area contributed by atoms with E-state index in [2.05, 4.69) is 9.97 Å². The summed E-state index contributed by atoms with van der Waals surface area (Å²) in [6.07, 6.45) is 4.92. The molecule has 0 saturated heterocycles. The average molecular weight is 533 g/mol. The molecule has 2 heterocycles. The number of rotatable bonds is 7. The van der Waals surface area contributed by atoms with Crippen LogP contribution < -0.4 is 16.0 Å². The molecule has 0 aliphatic carbocycles. The standard InChI is InChI=1S/C24H21Cl2FN5O2S/c25-19-8-7-17(12-20(19)26)22-21(30-24(29)31-23(22)28)9-6-15-4-2-10-32(13-15)14-16-3-1-5-18(11-16)35(27,33)34/h1-5,7-8,10-13H,6,9,14H2,(H4,28,29,30,31)/q+1. The van der Waals surface area contributed by atoms with E-state index in [1.54, 1.807) is 24.3 Å². The second kappa shape index (κ2) is 10.2. The van der Waals surface area contributed by atoms with Crippen molar-refractivity contribution in [2.24, 2.45) is 0 Å². The van der Waals surface area contributed by atoms with E-state index in [9.17, 15) is 12.3 Å². The number of halogens is 3. The molecule has 7 nitrogen and oxygen atoms in total. The van der Waals surface area contributed by atoms with Crippen LogP contribution >= 0.6 is 23.2 Å². The topological polar surface area (TPSA) is 116 Å². The van der Waals surface area contributed by atoms with Crippen molar-refractivity contribution in [3.05, 3.63) is 93.9 Å². The molecule has 2 aromatic carbocycles. The molecule has 2 aromatic heterocycles. The first-order valence-electron chi connectivity index (χ1n) is 10.5. The van der Waals surface area contributed by atoms with E-state index >= 15 is 0 Å². The molecule has 180 valence electrons. The summed E-state index contributed by atoms with van der Waals surface area (Å²) in [6.45, 7) is 0.374. The molecule has 0 atom stereocenters. The summed E-state index contributed by atoms with van der Waals surface area (Å²) in [7, 11) is -4.76. The Kier molecular flexibility index (Phi) is 7.20. The van der Waals surface area contributed by atoms with Gasteiger partial charge in [-0.25, -0.2) is 9.55 Å². The van der Waals surface area contributed by atoms with Gasteiger partial charge in [0, 0.05) is 22.8 Å². The van der Waals surface area contributed by atoms with Gasteiger partial charge in [0.05, 0.1) is 20.6 Å². The predicted octanol–water partition coefficient (Wildman–Crippen LogP) is 4.39. The van der Waals surface area contributed by atoms with E-state index in [4.69, 9.17) is 34.7 Å². The molecule has 0 amide bonds. The summed E-state index contributed by atoms with van der Waals surface area (Å²) in [4.78, 5) is 8.15. The van der Waals surface area contributed by atoms with Crippen molar-refractivity contribution in [1.82, 2.24) is 9.97 Å². The smallest absolute Gasteiger partial charge is 0.332 e. The summed E-state index contributed by atoms with van der Waals surface area (Å²) in [5.41, 5.74) is 15.7. The maximum atomic E-state index is 13.3. The quantitative estimate of drug-likeness (QED) is 0.269. The van der Waals surface area contributed by atoms with Crippen LogP contribution in [-0.4, -0.2) is 18.4 Å². The fourth-order valence-electron chi connectivity index (χ4n) is 3.78. The van der Waals surface area contributed by atoms with Crippen LogP contribution in [0.4, 0.5) is 15.7 Å². The van der Waals surface area contributed by atoms with Crippen molar-refractivity contribution in [2.75, 3.05) is 11.5 Å². The van der Waals surface area contributed by atoms with E-state index < -0.39 is 10.2 Å². The predicted molar refractivity (Wildman–Crippen MR) is 134 cm³/mol. The van der Waals surface area contributed by atoms with Crippen LogP contribution in [0.2, 0.25) is 10.0 Å². The van der Waals surface area contributed by atoms with Crippen LogP contribution in [0.3, 0.4) is 0 Å². The fourth-order valence-corrected chi connectivity index (χ4v) is 4.62. The summed E-state index contributed by atoms with van der Waals surface area (Å²) in [5.74, 6) is 0.323. The Labute approximate surface area is 212 Å².